The van der Waals surface area contributed by atoms with Crippen molar-refractivity contribution >= 4 is 11.8 Å². The van der Waals surface area contributed by atoms with Crippen LogP contribution in [-0.2, 0) is 9.59 Å². The van der Waals surface area contributed by atoms with Crippen molar-refractivity contribution < 1.29 is 9.59 Å². The van der Waals surface area contributed by atoms with E-state index >= 15 is 0 Å². The molecule has 0 bridgehead atoms. The second-order valence-corrected chi connectivity index (χ2v) is 12.8. The zero-order valence-corrected chi connectivity index (χ0v) is 28.3. The first-order chi connectivity index (χ1) is 20.2. The Balaban J connectivity index is 3.53. The van der Waals surface area contributed by atoms with E-state index in [4.69, 9.17) is 0 Å². The van der Waals surface area contributed by atoms with E-state index < -0.39 is 0 Å². The fraction of sp³-hybridized carbons (Fsp3) is 0.921. The van der Waals surface area contributed by atoms with Crippen LogP contribution in [-0.4, -0.2) is 23.3 Å². The third kappa shape index (κ3) is 29.0. The summed E-state index contributed by atoms with van der Waals surface area (Å²) in [5, 5.41) is 0. The number of unbranched alkanes of at least 4 members (excludes halogenated alkanes) is 28. The Morgan fingerprint density at radius 3 is 0.756 bits per heavy atom. The molecule has 3 nitrogen and oxygen atoms in total. The van der Waals surface area contributed by atoms with Gasteiger partial charge in [0.1, 0.15) is 0 Å². The molecule has 0 saturated carbocycles. The van der Waals surface area contributed by atoms with Crippen molar-refractivity contribution in [3.05, 3.63) is 6.92 Å². The van der Waals surface area contributed by atoms with Gasteiger partial charge >= 0.3 is 0 Å². The number of rotatable bonds is 33. The van der Waals surface area contributed by atoms with Gasteiger partial charge in [-0.05, 0) is 19.8 Å². The third-order valence-corrected chi connectivity index (χ3v) is 8.81. The maximum atomic E-state index is 12.6. The molecule has 2 amide bonds. The molecule has 0 aliphatic carbocycles. The second-order valence-electron chi connectivity index (χ2n) is 12.8. The molecule has 1 radical (unpaired) electrons. The molecule has 0 unspecified atom stereocenters. The molecule has 0 heterocycles. The molecule has 0 spiro atoms. The van der Waals surface area contributed by atoms with Crippen molar-refractivity contribution in [2.24, 2.45) is 0 Å². The number of nitrogens with zero attached hydrogens (tertiary/aromatic N) is 1. The molecule has 0 fully saturated rings. The monoisotopic (exact) mass is 577 g/mol. The highest BCUT2D eigenvalue weighted by Gasteiger charge is 2.18. The number of hydrogen-bond acceptors (Lipinski definition) is 2. The standard InChI is InChI=1S/C38H74NO2/c1-4-7-9-11-13-15-17-19-21-23-25-27-29-31-33-35-37(40)39(6-3)38(41)36-34-32-30-28-26-24-22-20-18-16-14-12-10-8-5-2/h3-36H2,1-2H3. The number of carbonyl (C=O) groups excluding carboxylic acids is 2. The summed E-state index contributed by atoms with van der Waals surface area (Å²) >= 11 is 0. The maximum Gasteiger partial charge on any atom is 0.229 e. The lowest BCUT2D eigenvalue weighted by atomic mass is 10.0. The summed E-state index contributed by atoms with van der Waals surface area (Å²) in [7, 11) is 0. The molecule has 41 heavy (non-hydrogen) atoms. The minimum absolute atomic E-state index is 0.0133. The number of amides is 2. The summed E-state index contributed by atoms with van der Waals surface area (Å²) in [6, 6.07) is 0. The molecule has 0 rings (SSSR count). The van der Waals surface area contributed by atoms with E-state index in [0.29, 0.717) is 12.8 Å². The normalized spacial score (nSPS) is 11.3. The lowest BCUT2D eigenvalue weighted by Crippen LogP contribution is -2.36. The molecule has 0 aromatic rings. The number of carbonyl (C=O) groups is 2. The Labute approximate surface area is 258 Å². The quantitative estimate of drug-likeness (QED) is 0.0728. The maximum absolute atomic E-state index is 12.6. The zero-order valence-electron chi connectivity index (χ0n) is 28.3. The molecular weight excluding hydrogens is 502 g/mol. The van der Waals surface area contributed by atoms with Gasteiger partial charge in [-0.2, -0.15) is 0 Å². The lowest BCUT2D eigenvalue weighted by Gasteiger charge is -2.19. The van der Waals surface area contributed by atoms with Gasteiger partial charge in [0.25, 0.3) is 0 Å². The van der Waals surface area contributed by atoms with E-state index in [1.54, 1.807) is 0 Å². The van der Waals surface area contributed by atoms with Crippen molar-refractivity contribution in [2.45, 2.75) is 219 Å². The topological polar surface area (TPSA) is 37.4 Å². The Morgan fingerprint density at radius 1 is 0.366 bits per heavy atom. The van der Waals surface area contributed by atoms with Gasteiger partial charge in [0, 0.05) is 19.4 Å². The second kappa shape index (κ2) is 33.6. The summed E-state index contributed by atoms with van der Waals surface area (Å²) in [6.45, 7) is 8.69. The molecule has 0 N–H and O–H groups in total. The zero-order chi connectivity index (χ0) is 30.1. The fourth-order valence-electron chi connectivity index (χ4n) is 5.95. The summed E-state index contributed by atoms with van der Waals surface area (Å²) in [6.07, 6.45) is 40.6. The minimum atomic E-state index is -0.0133. The van der Waals surface area contributed by atoms with Gasteiger partial charge in [0.05, 0.1) is 0 Å². The van der Waals surface area contributed by atoms with E-state index in [2.05, 4.69) is 20.8 Å². The van der Waals surface area contributed by atoms with Crippen LogP contribution in [0.3, 0.4) is 0 Å². The Morgan fingerprint density at radius 2 is 0.561 bits per heavy atom. The SMILES string of the molecule is [CH2]CN(C(=O)CCCCCCCCCCCCCCCCC)C(=O)CCCCCCCCCCCCCCCCC. The molecule has 0 aromatic carbocycles. The largest absolute Gasteiger partial charge is 0.283 e. The summed E-state index contributed by atoms with van der Waals surface area (Å²) < 4.78 is 0. The van der Waals surface area contributed by atoms with Crippen molar-refractivity contribution in [3.63, 3.8) is 0 Å². The summed E-state index contributed by atoms with van der Waals surface area (Å²) in [5.41, 5.74) is 0. The van der Waals surface area contributed by atoms with Gasteiger partial charge in [0.2, 0.25) is 11.8 Å². The van der Waals surface area contributed by atoms with Crippen LogP contribution in [0.5, 0.6) is 0 Å². The Hall–Kier alpha value is -0.860. The third-order valence-electron chi connectivity index (χ3n) is 8.81. The molecule has 0 atom stereocenters. The first kappa shape index (κ1) is 40.1. The highest BCUT2D eigenvalue weighted by atomic mass is 16.2. The van der Waals surface area contributed by atoms with Crippen LogP contribution in [0, 0.1) is 6.92 Å². The molecule has 0 aromatic heterocycles. The Bertz CT molecular complexity index is 500. The highest BCUT2D eigenvalue weighted by molar-refractivity contribution is 5.95. The first-order valence-electron chi connectivity index (χ1n) is 18.8. The van der Waals surface area contributed by atoms with Crippen LogP contribution in [0.2, 0.25) is 0 Å². The smallest absolute Gasteiger partial charge is 0.229 e. The van der Waals surface area contributed by atoms with E-state index in [0.717, 1.165) is 25.7 Å². The van der Waals surface area contributed by atoms with Crippen molar-refractivity contribution in [1.29, 1.82) is 0 Å². The van der Waals surface area contributed by atoms with Crippen LogP contribution in [0.4, 0.5) is 0 Å². The van der Waals surface area contributed by atoms with Gasteiger partial charge in [-0.3, -0.25) is 14.5 Å². The molecular formula is C38H74NO2. The fourth-order valence-corrected chi connectivity index (χ4v) is 5.95. The van der Waals surface area contributed by atoms with Crippen molar-refractivity contribution in [1.82, 2.24) is 4.90 Å². The van der Waals surface area contributed by atoms with Crippen molar-refractivity contribution in [2.75, 3.05) is 6.54 Å². The Kier molecular flexibility index (Phi) is 32.9. The summed E-state index contributed by atoms with van der Waals surface area (Å²) in [5.74, 6) is -0.0266. The highest BCUT2D eigenvalue weighted by Crippen LogP contribution is 2.16. The summed E-state index contributed by atoms with van der Waals surface area (Å²) in [4.78, 5) is 26.6. The van der Waals surface area contributed by atoms with Gasteiger partial charge in [-0.1, -0.05) is 194 Å². The predicted octanol–water partition coefficient (Wildman–Crippen LogP) is 12.7. The van der Waals surface area contributed by atoms with Crippen LogP contribution in [0.25, 0.3) is 0 Å². The predicted molar refractivity (Wildman–Crippen MR) is 181 cm³/mol. The minimum Gasteiger partial charge on any atom is -0.283 e. The number of hydrogen-bond donors (Lipinski definition) is 0. The van der Waals surface area contributed by atoms with E-state index in [1.165, 1.54) is 172 Å². The first-order valence-corrected chi connectivity index (χ1v) is 18.8. The van der Waals surface area contributed by atoms with E-state index in [9.17, 15) is 9.59 Å². The van der Waals surface area contributed by atoms with Crippen LogP contribution >= 0.6 is 0 Å². The average Bonchev–Trinajstić information content (AvgIpc) is 2.97. The molecule has 0 aliphatic rings. The van der Waals surface area contributed by atoms with Crippen molar-refractivity contribution in [3.8, 4) is 0 Å². The van der Waals surface area contributed by atoms with E-state index in [1.807, 2.05) is 0 Å². The van der Waals surface area contributed by atoms with Gasteiger partial charge in [0.15, 0.2) is 0 Å². The van der Waals surface area contributed by atoms with Gasteiger partial charge in [-0.15, -0.1) is 0 Å². The van der Waals surface area contributed by atoms with Gasteiger partial charge in [-0.25, -0.2) is 0 Å². The van der Waals surface area contributed by atoms with Gasteiger partial charge < -0.3 is 0 Å². The number of imide groups is 1. The molecule has 0 saturated heterocycles. The van der Waals surface area contributed by atoms with Crippen LogP contribution in [0.1, 0.15) is 219 Å². The van der Waals surface area contributed by atoms with Crippen LogP contribution in [0.15, 0.2) is 0 Å². The molecule has 0 aliphatic heterocycles. The van der Waals surface area contributed by atoms with Crippen LogP contribution < -0.4 is 0 Å². The lowest BCUT2D eigenvalue weighted by molar-refractivity contribution is -0.144. The molecule has 243 valence electrons. The van der Waals surface area contributed by atoms with E-state index in [-0.39, 0.29) is 18.4 Å². The average molecular weight is 577 g/mol. The molecule has 3 heteroatoms.